The van der Waals surface area contributed by atoms with Gasteiger partial charge in [0.2, 0.25) is 0 Å². The molecule has 0 aromatic heterocycles. The smallest absolute Gasteiger partial charge is 0.125 e. The first-order valence-corrected chi connectivity index (χ1v) is 3.37. The molecule has 0 bridgehead atoms. The van der Waals surface area contributed by atoms with Gasteiger partial charge >= 0.3 is 0 Å². The third-order valence-electron chi connectivity index (χ3n) is 1.07. The maximum Gasteiger partial charge on any atom is 0.125 e. The molecule has 2 N–H and O–H groups in total. The van der Waals surface area contributed by atoms with Gasteiger partial charge in [-0.3, -0.25) is 0 Å². The summed E-state index contributed by atoms with van der Waals surface area (Å²) in [7, 11) is 0. The van der Waals surface area contributed by atoms with E-state index in [-0.39, 0.29) is 5.02 Å². The van der Waals surface area contributed by atoms with Crippen LogP contribution in [0.25, 0.3) is 0 Å². The molecule has 1 aromatic carbocycles. The number of hydrogen-bond acceptors (Lipinski definition) is 2. The van der Waals surface area contributed by atoms with Crippen LogP contribution in [0.5, 0.6) is 0 Å². The van der Waals surface area contributed by atoms with E-state index in [0.29, 0.717) is 10.6 Å². The lowest BCUT2D eigenvalue weighted by atomic mass is 10.3. The Morgan fingerprint density at radius 2 is 2.10 bits per heavy atom. The van der Waals surface area contributed by atoms with Crippen LogP contribution in [0.1, 0.15) is 0 Å². The van der Waals surface area contributed by atoms with Gasteiger partial charge in [0.25, 0.3) is 0 Å². The highest BCUT2D eigenvalue weighted by atomic mass is 35.5. The molecule has 1 nitrogen and oxygen atoms in total. The van der Waals surface area contributed by atoms with Crippen molar-refractivity contribution in [1.29, 1.82) is 0 Å². The Labute approximate surface area is 68.4 Å². The average Bonchev–Trinajstić information content (AvgIpc) is 1.82. The van der Waals surface area contributed by atoms with Crippen LogP contribution in [0.4, 0.5) is 10.1 Å². The van der Waals surface area contributed by atoms with Gasteiger partial charge in [0, 0.05) is 4.90 Å². The molecule has 54 valence electrons. The molecular weight excluding hydrogens is 173 g/mol. The second-order valence-corrected chi connectivity index (χ2v) is 2.71. The maximum atomic E-state index is 12.4. The Bertz CT molecular complexity index is 241. The minimum Gasteiger partial charge on any atom is -0.397 e. The van der Waals surface area contributed by atoms with Gasteiger partial charge < -0.3 is 5.73 Å². The van der Waals surface area contributed by atoms with Crippen molar-refractivity contribution in [2.45, 2.75) is 4.90 Å². The summed E-state index contributed by atoms with van der Waals surface area (Å²) in [5, 5.41) is 0.199. The van der Waals surface area contributed by atoms with Crippen molar-refractivity contribution in [3.05, 3.63) is 23.0 Å². The molecule has 0 saturated heterocycles. The number of anilines is 1. The number of benzene rings is 1. The molecule has 0 aliphatic heterocycles. The van der Waals surface area contributed by atoms with Crippen molar-refractivity contribution >= 4 is 29.9 Å². The van der Waals surface area contributed by atoms with Crippen LogP contribution in [0.15, 0.2) is 17.0 Å². The fourth-order valence-electron chi connectivity index (χ4n) is 0.571. The largest absolute Gasteiger partial charge is 0.397 e. The van der Waals surface area contributed by atoms with Crippen molar-refractivity contribution in [3.8, 4) is 0 Å². The molecule has 0 heterocycles. The number of nitrogen functional groups attached to an aromatic ring is 1. The van der Waals surface area contributed by atoms with Gasteiger partial charge in [-0.25, -0.2) is 4.39 Å². The summed E-state index contributed by atoms with van der Waals surface area (Å²) in [4.78, 5) is 0.366. The topological polar surface area (TPSA) is 26.0 Å². The lowest BCUT2D eigenvalue weighted by Gasteiger charge is -2.00. The number of rotatable bonds is 0. The molecule has 0 amide bonds. The lowest BCUT2D eigenvalue weighted by Crippen LogP contribution is -1.89. The third-order valence-corrected chi connectivity index (χ3v) is 1.76. The first-order valence-electron chi connectivity index (χ1n) is 2.54. The van der Waals surface area contributed by atoms with Crippen molar-refractivity contribution in [1.82, 2.24) is 0 Å². The van der Waals surface area contributed by atoms with E-state index in [9.17, 15) is 4.39 Å². The van der Waals surface area contributed by atoms with Gasteiger partial charge in [-0.1, -0.05) is 11.6 Å². The van der Waals surface area contributed by atoms with E-state index in [0.717, 1.165) is 6.07 Å². The van der Waals surface area contributed by atoms with Crippen molar-refractivity contribution < 1.29 is 4.39 Å². The van der Waals surface area contributed by atoms with Crippen LogP contribution in [-0.4, -0.2) is 0 Å². The second-order valence-electron chi connectivity index (χ2n) is 1.82. The Kier molecular flexibility index (Phi) is 2.06. The van der Waals surface area contributed by atoms with Gasteiger partial charge in [0.05, 0.1) is 10.7 Å². The molecule has 1 aromatic rings. The van der Waals surface area contributed by atoms with Crippen LogP contribution >= 0.6 is 24.2 Å². The summed E-state index contributed by atoms with van der Waals surface area (Å²) < 4.78 is 12.4. The van der Waals surface area contributed by atoms with Crippen molar-refractivity contribution in [2.75, 3.05) is 5.73 Å². The molecule has 10 heavy (non-hydrogen) atoms. The quantitative estimate of drug-likeness (QED) is 0.462. The van der Waals surface area contributed by atoms with Crippen molar-refractivity contribution in [3.63, 3.8) is 0 Å². The van der Waals surface area contributed by atoms with E-state index in [4.69, 9.17) is 17.3 Å². The molecule has 0 spiro atoms. The Morgan fingerprint density at radius 3 is 2.60 bits per heavy atom. The standard InChI is InChI=1S/C6H5ClFNS/c7-4-1-3(8)2-5(10)6(4)9/h1-2,10H,9H2. The fourth-order valence-corrected chi connectivity index (χ4v) is 1.09. The highest BCUT2D eigenvalue weighted by Gasteiger charge is 2.01. The molecule has 0 fully saturated rings. The summed E-state index contributed by atoms with van der Waals surface area (Å²) >= 11 is 9.39. The van der Waals surface area contributed by atoms with E-state index in [1.165, 1.54) is 6.07 Å². The third kappa shape index (κ3) is 1.36. The van der Waals surface area contributed by atoms with E-state index in [1.807, 2.05) is 0 Å². The summed E-state index contributed by atoms with van der Waals surface area (Å²) in [6.07, 6.45) is 0. The normalized spacial score (nSPS) is 9.90. The van der Waals surface area contributed by atoms with Crippen LogP contribution < -0.4 is 5.73 Å². The summed E-state index contributed by atoms with van der Waals surface area (Å²) in [6, 6.07) is 2.36. The van der Waals surface area contributed by atoms with Gasteiger partial charge in [0.1, 0.15) is 5.82 Å². The van der Waals surface area contributed by atoms with Crippen LogP contribution in [0, 0.1) is 5.82 Å². The monoisotopic (exact) mass is 177 g/mol. The predicted octanol–water partition coefficient (Wildman–Crippen LogP) is 2.35. The first kappa shape index (κ1) is 7.69. The van der Waals surface area contributed by atoms with Gasteiger partial charge in [-0.2, -0.15) is 0 Å². The zero-order valence-corrected chi connectivity index (χ0v) is 6.59. The number of nitrogens with two attached hydrogens (primary N) is 1. The number of hydrogen-bond donors (Lipinski definition) is 2. The molecule has 4 heteroatoms. The van der Waals surface area contributed by atoms with Gasteiger partial charge in [-0.05, 0) is 12.1 Å². The molecule has 0 radical (unpaired) electrons. The fraction of sp³-hybridized carbons (Fsp3) is 0. The van der Waals surface area contributed by atoms with Gasteiger partial charge in [0.15, 0.2) is 0 Å². The second kappa shape index (κ2) is 2.68. The molecule has 0 unspecified atom stereocenters. The lowest BCUT2D eigenvalue weighted by molar-refractivity contribution is 0.625. The van der Waals surface area contributed by atoms with E-state index >= 15 is 0 Å². The van der Waals surface area contributed by atoms with Crippen molar-refractivity contribution in [2.24, 2.45) is 0 Å². The van der Waals surface area contributed by atoms with Gasteiger partial charge in [-0.15, -0.1) is 12.6 Å². The molecular formula is C6H5ClFNS. The van der Waals surface area contributed by atoms with E-state index < -0.39 is 5.82 Å². The highest BCUT2D eigenvalue weighted by Crippen LogP contribution is 2.26. The minimum absolute atomic E-state index is 0.199. The minimum atomic E-state index is -0.427. The SMILES string of the molecule is Nc1c(S)cc(F)cc1Cl. The highest BCUT2D eigenvalue weighted by molar-refractivity contribution is 7.80. The van der Waals surface area contributed by atoms with Crippen LogP contribution in [-0.2, 0) is 0 Å². The predicted molar refractivity (Wildman–Crippen MR) is 43.1 cm³/mol. The first-order chi connectivity index (χ1) is 4.61. The zero-order valence-electron chi connectivity index (χ0n) is 4.94. The van der Waals surface area contributed by atoms with E-state index in [2.05, 4.69) is 12.6 Å². The Hall–Kier alpha value is -0.410. The molecule has 0 saturated carbocycles. The van der Waals surface area contributed by atoms with Crippen LogP contribution in [0.3, 0.4) is 0 Å². The van der Waals surface area contributed by atoms with Crippen LogP contribution in [0.2, 0.25) is 5.02 Å². The average molecular weight is 178 g/mol. The number of halogens is 2. The molecule has 0 atom stereocenters. The molecule has 1 rings (SSSR count). The number of thiol groups is 1. The molecule has 0 aliphatic carbocycles. The summed E-state index contributed by atoms with van der Waals surface area (Å²) in [5.74, 6) is -0.427. The summed E-state index contributed by atoms with van der Waals surface area (Å²) in [5.41, 5.74) is 5.69. The summed E-state index contributed by atoms with van der Waals surface area (Å²) in [6.45, 7) is 0. The Morgan fingerprint density at radius 1 is 1.50 bits per heavy atom. The molecule has 0 aliphatic rings. The van der Waals surface area contributed by atoms with E-state index in [1.54, 1.807) is 0 Å². The Balaban J connectivity index is 3.31. The zero-order chi connectivity index (χ0) is 7.72. The maximum absolute atomic E-state index is 12.4.